The van der Waals surface area contributed by atoms with E-state index >= 15 is 0 Å². The van der Waals surface area contributed by atoms with Crippen molar-refractivity contribution in [2.45, 2.75) is 20.4 Å². The Hall–Kier alpha value is -1.59. The third-order valence-electron chi connectivity index (χ3n) is 4.02. The summed E-state index contributed by atoms with van der Waals surface area (Å²) in [7, 11) is 0. The van der Waals surface area contributed by atoms with Crippen LogP contribution in [0.1, 0.15) is 18.3 Å². The third kappa shape index (κ3) is 4.24. The minimum absolute atomic E-state index is 0.550. The summed E-state index contributed by atoms with van der Waals surface area (Å²) in [5, 5.41) is 3.54. The molecule has 1 aromatic heterocycles. The van der Waals surface area contributed by atoms with Crippen molar-refractivity contribution in [2.75, 3.05) is 19.7 Å². The zero-order valence-electron chi connectivity index (χ0n) is 13.6. The van der Waals surface area contributed by atoms with Crippen LogP contribution in [0.15, 0.2) is 40.6 Å². The number of imidazole rings is 1. The van der Waals surface area contributed by atoms with Crippen LogP contribution in [0, 0.1) is 12.8 Å². The monoisotopic (exact) mass is 375 g/mol. The third-order valence-corrected chi connectivity index (χ3v) is 4.51. The van der Waals surface area contributed by atoms with Crippen molar-refractivity contribution in [3.63, 3.8) is 0 Å². The van der Waals surface area contributed by atoms with Crippen LogP contribution >= 0.6 is 15.9 Å². The number of nitrogens with zero attached hydrogens (tertiary/aromatic N) is 2. The molecule has 0 amide bonds. The number of hydrogen-bond acceptors (Lipinski definition) is 3. The van der Waals surface area contributed by atoms with Gasteiger partial charge in [0.15, 0.2) is 0 Å². The Morgan fingerprint density at radius 2 is 2.30 bits per heavy atom. The Morgan fingerprint density at radius 1 is 1.43 bits per heavy atom. The number of benzene rings is 1. The summed E-state index contributed by atoms with van der Waals surface area (Å²) in [5.41, 5.74) is 2.42. The summed E-state index contributed by atoms with van der Waals surface area (Å²) in [4.78, 5) is 4.26. The number of nitrogens with one attached hydrogen (secondary N) is 1. The molecule has 2 heterocycles. The topological polar surface area (TPSA) is 39.1 Å². The average molecular weight is 376 g/mol. The summed E-state index contributed by atoms with van der Waals surface area (Å²) in [6.07, 6.45) is 6.12. The first-order chi connectivity index (χ1) is 11.1. The quantitative estimate of drug-likeness (QED) is 0.837. The lowest BCUT2D eigenvalue weighted by Crippen LogP contribution is -2.28. The molecule has 0 saturated heterocycles. The maximum atomic E-state index is 5.81. The fourth-order valence-electron chi connectivity index (χ4n) is 2.77. The SMILES string of the molecule is Cc1nccn1CC(C)CNCC1=Cc2cc(Br)ccc2OC1. The number of aromatic nitrogens is 2. The van der Waals surface area contributed by atoms with E-state index in [2.05, 4.69) is 49.9 Å². The van der Waals surface area contributed by atoms with Crippen LogP contribution in [0.2, 0.25) is 0 Å². The summed E-state index contributed by atoms with van der Waals surface area (Å²) in [6.45, 7) is 7.78. The molecule has 0 spiro atoms. The molecule has 2 aromatic rings. The van der Waals surface area contributed by atoms with Crippen molar-refractivity contribution < 1.29 is 4.74 Å². The Kier molecular flexibility index (Phi) is 5.18. The van der Waals surface area contributed by atoms with Crippen LogP contribution in [0.3, 0.4) is 0 Å². The first kappa shape index (κ1) is 16.3. The number of fused-ring (bicyclic) bond motifs is 1. The molecule has 1 N–H and O–H groups in total. The number of halogens is 1. The lowest BCUT2D eigenvalue weighted by molar-refractivity contribution is 0.341. The molecule has 0 saturated carbocycles. The molecular weight excluding hydrogens is 354 g/mol. The van der Waals surface area contributed by atoms with E-state index in [1.54, 1.807) is 0 Å². The van der Waals surface area contributed by atoms with Crippen molar-refractivity contribution in [1.82, 2.24) is 14.9 Å². The molecule has 0 aliphatic carbocycles. The van der Waals surface area contributed by atoms with E-state index in [1.807, 2.05) is 31.5 Å². The van der Waals surface area contributed by atoms with Gasteiger partial charge in [-0.2, -0.15) is 0 Å². The van der Waals surface area contributed by atoms with Gasteiger partial charge in [-0.25, -0.2) is 4.98 Å². The smallest absolute Gasteiger partial charge is 0.127 e. The van der Waals surface area contributed by atoms with Crippen LogP contribution in [0.5, 0.6) is 5.75 Å². The standard InChI is InChI=1S/C18H22BrN3O/c1-13(11-22-6-5-21-14(22)2)9-20-10-15-7-16-8-17(19)3-4-18(16)23-12-15/h3-8,13,20H,9-12H2,1-2H3. The maximum absolute atomic E-state index is 5.81. The van der Waals surface area contributed by atoms with Crippen LogP contribution < -0.4 is 10.1 Å². The normalized spacial score (nSPS) is 14.8. The molecule has 1 aliphatic rings. The van der Waals surface area contributed by atoms with Crippen molar-refractivity contribution in [1.29, 1.82) is 0 Å². The highest BCUT2D eigenvalue weighted by Crippen LogP contribution is 2.28. The molecule has 0 bridgehead atoms. The largest absolute Gasteiger partial charge is 0.489 e. The fourth-order valence-corrected chi connectivity index (χ4v) is 3.15. The molecule has 0 fully saturated rings. The van der Waals surface area contributed by atoms with Crippen LogP contribution in [0.25, 0.3) is 6.08 Å². The first-order valence-electron chi connectivity index (χ1n) is 7.92. The van der Waals surface area contributed by atoms with Gasteiger partial charge in [0.05, 0.1) is 0 Å². The van der Waals surface area contributed by atoms with Gasteiger partial charge in [0, 0.05) is 35.5 Å². The van der Waals surface area contributed by atoms with Gasteiger partial charge in [0.2, 0.25) is 0 Å². The zero-order chi connectivity index (χ0) is 16.2. The number of rotatable bonds is 6. The van der Waals surface area contributed by atoms with Gasteiger partial charge < -0.3 is 14.6 Å². The molecule has 0 radical (unpaired) electrons. The fraction of sp³-hybridized carbons (Fsp3) is 0.389. The predicted octanol–water partition coefficient (Wildman–Crippen LogP) is 3.66. The second-order valence-electron chi connectivity index (χ2n) is 6.14. The molecule has 1 atom stereocenters. The minimum atomic E-state index is 0.550. The minimum Gasteiger partial charge on any atom is -0.489 e. The Bertz CT molecular complexity index is 708. The predicted molar refractivity (Wildman–Crippen MR) is 96.6 cm³/mol. The van der Waals surface area contributed by atoms with E-state index < -0.39 is 0 Å². The molecule has 3 rings (SSSR count). The van der Waals surface area contributed by atoms with Gasteiger partial charge in [-0.15, -0.1) is 0 Å². The second-order valence-corrected chi connectivity index (χ2v) is 7.05. The Morgan fingerprint density at radius 3 is 3.09 bits per heavy atom. The summed E-state index contributed by atoms with van der Waals surface area (Å²) in [6, 6.07) is 6.12. The number of aryl methyl sites for hydroxylation is 1. The summed E-state index contributed by atoms with van der Waals surface area (Å²) in [5.74, 6) is 2.58. The van der Waals surface area contributed by atoms with Crippen molar-refractivity contribution in [3.8, 4) is 5.75 Å². The Balaban J connectivity index is 1.50. The molecule has 1 aromatic carbocycles. The molecule has 122 valence electrons. The van der Waals surface area contributed by atoms with E-state index in [1.165, 1.54) is 5.57 Å². The Labute approximate surface area is 145 Å². The number of ether oxygens (including phenoxy) is 1. The molecule has 1 unspecified atom stereocenters. The van der Waals surface area contributed by atoms with E-state index in [4.69, 9.17) is 4.74 Å². The molecule has 5 heteroatoms. The van der Waals surface area contributed by atoms with E-state index in [9.17, 15) is 0 Å². The highest BCUT2D eigenvalue weighted by Gasteiger charge is 2.12. The van der Waals surface area contributed by atoms with E-state index in [0.29, 0.717) is 12.5 Å². The zero-order valence-corrected chi connectivity index (χ0v) is 15.1. The van der Waals surface area contributed by atoms with Crippen molar-refractivity contribution in [3.05, 3.63) is 52.0 Å². The molecular formula is C18H22BrN3O. The molecule has 4 nitrogen and oxygen atoms in total. The van der Waals surface area contributed by atoms with E-state index in [0.717, 1.165) is 41.2 Å². The van der Waals surface area contributed by atoms with Crippen LogP contribution in [0.4, 0.5) is 0 Å². The van der Waals surface area contributed by atoms with Gasteiger partial charge >= 0.3 is 0 Å². The first-order valence-corrected chi connectivity index (χ1v) is 8.71. The van der Waals surface area contributed by atoms with Gasteiger partial charge in [-0.05, 0) is 49.2 Å². The maximum Gasteiger partial charge on any atom is 0.127 e. The van der Waals surface area contributed by atoms with Crippen LogP contribution in [-0.4, -0.2) is 29.2 Å². The highest BCUT2D eigenvalue weighted by molar-refractivity contribution is 9.10. The van der Waals surface area contributed by atoms with Gasteiger partial charge in [0.1, 0.15) is 18.2 Å². The average Bonchev–Trinajstić information content (AvgIpc) is 2.92. The van der Waals surface area contributed by atoms with Crippen molar-refractivity contribution >= 4 is 22.0 Å². The highest BCUT2D eigenvalue weighted by atomic mass is 79.9. The van der Waals surface area contributed by atoms with E-state index in [-0.39, 0.29) is 0 Å². The van der Waals surface area contributed by atoms with Crippen LogP contribution in [-0.2, 0) is 6.54 Å². The van der Waals surface area contributed by atoms with Gasteiger partial charge in [-0.3, -0.25) is 0 Å². The van der Waals surface area contributed by atoms with Gasteiger partial charge in [0.25, 0.3) is 0 Å². The lowest BCUT2D eigenvalue weighted by Gasteiger charge is -2.20. The second kappa shape index (κ2) is 7.32. The number of hydrogen-bond donors (Lipinski definition) is 1. The molecule has 23 heavy (non-hydrogen) atoms. The summed E-state index contributed by atoms with van der Waals surface area (Å²) >= 11 is 3.51. The summed E-state index contributed by atoms with van der Waals surface area (Å²) < 4.78 is 9.08. The lowest BCUT2D eigenvalue weighted by atomic mass is 10.1. The molecule has 1 aliphatic heterocycles. The van der Waals surface area contributed by atoms with Gasteiger partial charge in [-0.1, -0.05) is 22.9 Å². The van der Waals surface area contributed by atoms with Crippen molar-refractivity contribution in [2.24, 2.45) is 5.92 Å².